The van der Waals surface area contributed by atoms with Gasteiger partial charge in [-0.25, -0.2) is 0 Å². The van der Waals surface area contributed by atoms with Crippen LogP contribution in [-0.2, 0) is 16.1 Å². The molecule has 1 atom stereocenters. The molecule has 28 heavy (non-hydrogen) atoms. The van der Waals surface area contributed by atoms with E-state index < -0.39 is 0 Å². The summed E-state index contributed by atoms with van der Waals surface area (Å²) < 4.78 is 5.55. The number of carbonyl (C=O) groups is 1. The van der Waals surface area contributed by atoms with Gasteiger partial charge in [0.2, 0.25) is 5.91 Å². The monoisotopic (exact) mass is 386 g/mol. The summed E-state index contributed by atoms with van der Waals surface area (Å²) in [5.41, 5.74) is 0.789. The van der Waals surface area contributed by atoms with Crippen molar-refractivity contribution in [2.75, 3.05) is 39.4 Å². The standard InChI is InChI=1S/C22H34N4O2/c27-21(22(9-3-1-4-10-22)26-13-15-28-16-14-26)24-20-8-6-12-25(18-20)17-19-7-2-5-11-23-19/h2,5,7,11,20H,1,3-4,6,8-10,12-18H2,(H,24,27). The molecule has 0 radical (unpaired) electrons. The van der Waals surface area contributed by atoms with Crippen molar-refractivity contribution in [3.63, 3.8) is 0 Å². The second-order valence-electron chi connectivity index (χ2n) is 8.56. The normalized spacial score (nSPS) is 26.6. The minimum atomic E-state index is -0.314. The van der Waals surface area contributed by atoms with E-state index in [0.717, 1.165) is 90.2 Å². The predicted molar refractivity (Wildman–Crippen MR) is 109 cm³/mol. The van der Waals surface area contributed by atoms with Gasteiger partial charge in [0, 0.05) is 38.4 Å². The Hall–Kier alpha value is -1.50. The van der Waals surface area contributed by atoms with E-state index in [4.69, 9.17) is 4.74 Å². The molecule has 0 bridgehead atoms. The number of morpholine rings is 1. The van der Waals surface area contributed by atoms with Gasteiger partial charge in [-0.1, -0.05) is 25.3 Å². The average molecular weight is 387 g/mol. The van der Waals surface area contributed by atoms with Gasteiger partial charge in [0.1, 0.15) is 5.54 Å². The summed E-state index contributed by atoms with van der Waals surface area (Å²) in [4.78, 5) is 22.8. The van der Waals surface area contributed by atoms with Crippen LogP contribution in [0.15, 0.2) is 24.4 Å². The fraction of sp³-hybridized carbons (Fsp3) is 0.727. The van der Waals surface area contributed by atoms with E-state index in [-0.39, 0.29) is 17.5 Å². The molecular formula is C22H34N4O2. The van der Waals surface area contributed by atoms with Gasteiger partial charge in [-0.05, 0) is 44.4 Å². The van der Waals surface area contributed by atoms with Crippen molar-refractivity contribution < 1.29 is 9.53 Å². The van der Waals surface area contributed by atoms with E-state index in [9.17, 15) is 4.79 Å². The van der Waals surface area contributed by atoms with Crippen LogP contribution in [0.4, 0.5) is 0 Å². The topological polar surface area (TPSA) is 57.7 Å². The Morgan fingerprint density at radius 2 is 1.96 bits per heavy atom. The van der Waals surface area contributed by atoms with Crippen LogP contribution >= 0.6 is 0 Å². The summed E-state index contributed by atoms with van der Waals surface area (Å²) in [6.45, 7) is 6.11. The fourth-order valence-corrected chi connectivity index (χ4v) is 5.17. The maximum absolute atomic E-state index is 13.5. The van der Waals surface area contributed by atoms with Gasteiger partial charge < -0.3 is 10.1 Å². The molecule has 0 aromatic carbocycles. The smallest absolute Gasteiger partial charge is 0.240 e. The van der Waals surface area contributed by atoms with Crippen molar-refractivity contribution in [2.24, 2.45) is 0 Å². The Labute approximate surface area is 168 Å². The molecule has 6 nitrogen and oxygen atoms in total. The zero-order valence-corrected chi connectivity index (χ0v) is 16.9. The number of carbonyl (C=O) groups excluding carboxylic acids is 1. The molecule has 3 aliphatic rings. The van der Waals surface area contributed by atoms with Crippen LogP contribution in [0, 0.1) is 0 Å². The number of nitrogens with zero attached hydrogens (tertiary/aromatic N) is 3. The average Bonchev–Trinajstić information content (AvgIpc) is 2.76. The molecule has 2 saturated heterocycles. The number of nitrogens with one attached hydrogen (secondary N) is 1. The molecule has 1 aromatic rings. The van der Waals surface area contributed by atoms with Crippen molar-refractivity contribution in [2.45, 2.75) is 63.1 Å². The van der Waals surface area contributed by atoms with Crippen molar-refractivity contribution >= 4 is 5.91 Å². The van der Waals surface area contributed by atoms with E-state index in [0.29, 0.717) is 0 Å². The quantitative estimate of drug-likeness (QED) is 0.841. The van der Waals surface area contributed by atoms with E-state index in [2.05, 4.69) is 26.2 Å². The van der Waals surface area contributed by atoms with Crippen molar-refractivity contribution in [3.8, 4) is 0 Å². The van der Waals surface area contributed by atoms with Gasteiger partial charge in [0.15, 0.2) is 0 Å². The highest BCUT2D eigenvalue weighted by atomic mass is 16.5. The third-order valence-corrected chi connectivity index (χ3v) is 6.67. The Balaban J connectivity index is 1.39. The number of rotatable bonds is 5. The number of hydrogen-bond acceptors (Lipinski definition) is 5. The van der Waals surface area contributed by atoms with E-state index in [1.807, 2.05) is 18.3 Å². The second-order valence-corrected chi connectivity index (χ2v) is 8.56. The van der Waals surface area contributed by atoms with Crippen LogP contribution in [0.2, 0.25) is 0 Å². The van der Waals surface area contributed by atoms with Gasteiger partial charge in [-0.3, -0.25) is 19.6 Å². The maximum atomic E-state index is 13.5. The SMILES string of the molecule is O=C(NC1CCCN(Cc2ccccn2)C1)C1(N2CCOCC2)CCCCC1. The molecule has 3 heterocycles. The highest BCUT2D eigenvalue weighted by Gasteiger charge is 2.45. The number of pyridine rings is 1. The Bertz CT molecular complexity index is 627. The molecule has 4 rings (SSSR count). The first-order valence-electron chi connectivity index (χ1n) is 11.0. The van der Waals surface area contributed by atoms with E-state index in [1.165, 1.54) is 6.42 Å². The Kier molecular flexibility index (Phi) is 6.60. The van der Waals surface area contributed by atoms with Crippen LogP contribution < -0.4 is 5.32 Å². The molecule has 1 aromatic heterocycles. The molecule has 0 spiro atoms. The van der Waals surface area contributed by atoms with Crippen LogP contribution in [-0.4, -0.2) is 71.7 Å². The lowest BCUT2D eigenvalue weighted by atomic mass is 9.79. The highest BCUT2D eigenvalue weighted by molar-refractivity contribution is 5.86. The number of amides is 1. The van der Waals surface area contributed by atoms with Gasteiger partial charge in [-0.15, -0.1) is 0 Å². The number of piperidine rings is 1. The zero-order valence-electron chi connectivity index (χ0n) is 16.9. The molecule has 1 unspecified atom stereocenters. The second kappa shape index (κ2) is 9.33. The number of aromatic nitrogens is 1. The van der Waals surface area contributed by atoms with Gasteiger partial charge in [0.05, 0.1) is 18.9 Å². The van der Waals surface area contributed by atoms with Gasteiger partial charge >= 0.3 is 0 Å². The molecule has 2 aliphatic heterocycles. The molecule has 1 aliphatic carbocycles. The Morgan fingerprint density at radius 3 is 2.71 bits per heavy atom. The maximum Gasteiger partial charge on any atom is 0.240 e. The van der Waals surface area contributed by atoms with Crippen molar-refractivity contribution in [1.82, 2.24) is 20.1 Å². The minimum absolute atomic E-state index is 0.241. The molecule has 1 N–H and O–H groups in total. The fourth-order valence-electron chi connectivity index (χ4n) is 5.17. The lowest BCUT2D eigenvalue weighted by Gasteiger charge is -2.47. The van der Waals surface area contributed by atoms with Crippen molar-refractivity contribution in [1.29, 1.82) is 0 Å². The molecule has 154 valence electrons. The number of likely N-dealkylation sites (tertiary alicyclic amines) is 1. The summed E-state index contributed by atoms with van der Waals surface area (Å²) in [6, 6.07) is 6.32. The minimum Gasteiger partial charge on any atom is -0.379 e. The van der Waals surface area contributed by atoms with E-state index >= 15 is 0 Å². The molecule has 1 saturated carbocycles. The summed E-state index contributed by atoms with van der Waals surface area (Å²) in [5.74, 6) is 0.263. The summed E-state index contributed by atoms with van der Waals surface area (Å²) in [7, 11) is 0. The van der Waals surface area contributed by atoms with Crippen LogP contribution in [0.5, 0.6) is 0 Å². The first-order chi connectivity index (χ1) is 13.8. The number of hydrogen-bond donors (Lipinski definition) is 1. The highest BCUT2D eigenvalue weighted by Crippen LogP contribution is 2.35. The third-order valence-electron chi connectivity index (χ3n) is 6.67. The first kappa shape index (κ1) is 19.8. The largest absolute Gasteiger partial charge is 0.379 e. The summed E-state index contributed by atoms with van der Waals surface area (Å²) in [5, 5.41) is 3.46. The summed E-state index contributed by atoms with van der Waals surface area (Å²) >= 11 is 0. The lowest BCUT2D eigenvalue weighted by molar-refractivity contribution is -0.141. The molecule has 6 heteroatoms. The van der Waals surface area contributed by atoms with Gasteiger partial charge in [0.25, 0.3) is 0 Å². The summed E-state index contributed by atoms with van der Waals surface area (Å²) in [6.07, 6.45) is 9.59. The van der Waals surface area contributed by atoms with Crippen molar-refractivity contribution in [3.05, 3.63) is 30.1 Å². The first-order valence-corrected chi connectivity index (χ1v) is 11.0. The van der Waals surface area contributed by atoms with Gasteiger partial charge in [-0.2, -0.15) is 0 Å². The zero-order chi connectivity index (χ0) is 19.2. The van der Waals surface area contributed by atoms with Crippen LogP contribution in [0.1, 0.15) is 50.6 Å². The number of ether oxygens (including phenoxy) is 1. The van der Waals surface area contributed by atoms with E-state index in [1.54, 1.807) is 0 Å². The third kappa shape index (κ3) is 4.56. The Morgan fingerprint density at radius 1 is 1.14 bits per heavy atom. The van der Waals surface area contributed by atoms with Crippen LogP contribution in [0.3, 0.4) is 0 Å². The predicted octanol–water partition coefficient (Wildman–Crippen LogP) is 2.20. The molecule has 3 fully saturated rings. The molecule has 1 amide bonds. The molecular weight excluding hydrogens is 352 g/mol. The van der Waals surface area contributed by atoms with Crippen LogP contribution in [0.25, 0.3) is 0 Å². The lowest BCUT2D eigenvalue weighted by Crippen LogP contribution is -2.64.